The van der Waals surface area contributed by atoms with Crippen molar-refractivity contribution < 1.29 is 9.18 Å². The lowest BCUT2D eigenvalue weighted by Gasteiger charge is -2.33. The largest absolute Gasteiger partial charge is 0.382 e. The van der Waals surface area contributed by atoms with Crippen LogP contribution in [-0.2, 0) is 0 Å². The summed E-state index contributed by atoms with van der Waals surface area (Å²) in [6.45, 7) is 1.42. The van der Waals surface area contributed by atoms with Crippen LogP contribution in [0, 0.1) is 5.82 Å². The van der Waals surface area contributed by atoms with Crippen LogP contribution in [0.3, 0.4) is 0 Å². The van der Waals surface area contributed by atoms with Crippen molar-refractivity contribution in [1.82, 2.24) is 9.97 Å². The van der Waals surface area contributed by atoms with E-state index >= 15 is 0 Å². The van der Waals surface area contributed by atoms with Gasteiger partial charge in [0, 0.05) is 31.5 Å². The lowest BCUT2D eigenvalue weighted by molar-refractivity contribution is 0.102. The number of aromatic nitrogens is 2. The smallest absolute Gasteiger partial charge is 0.278 e. The molecule has 1 amide bonds. The van der Waals surface area contributed by atoms with Gasteiger partial charge in [0.1, 0.15) is 11.5 Å². The molecule has 0 saturated carbocycles. The molecule has 0 spiro atoms. The van der Waals surface area contributed by atoms with Crippen LogP contribution in [0.25, 0.3) is 0 Å². The van der Waals surface area contributed by atoms with Gasteiger partial charge >= 0.3 is 0 Å². The standard InChI is InChI=1S/C16H19FN6O/c17-11-2-1-3-12(23-8-4-10(18)5-9-23)13(11)22-16(24)14-15(19)21-7-6-20-14/h1-3,6-7,10H,4-5,8-9,18H2,(H2,19,21)(H,22,24). The van der Waals surface area contributed by atoms with Crippen molar-refractivity contribution in [3.05, 3.63) is 42.1 Å². The van der Waals surface area contributed by atoms with Gasteiger partial charge in [-0.25, -0.2) is 14.4 Å². The molecule has 24 heavy (non-hydrogen) atoms. The third-order valence-electron chi connectivity index (χ3n) is 4.05. The number of nitrogens with zero attached hydrogens (tertiary/aromatic N) is 3. The van der Waals surface area contributed by atoms with E-state index in [9.17, 15) is 9.18 Å². The lowest BCUT2D eigenvalue weighted by Crippen LogP contribution is -2.40. The van der Waals surface area contributed by atoms with E-state index in [2.05, 4.69) is 15.3 Å². The first kappa shape index (κ1) is 16.1. The van der Waals surface area contributed by atoms with E-state index < -0.39 is 11.7 Å². The SMILES string of the molecule is Nc1nccnc1C(=O)Nc1c(F)cccc1N1CCC(N)CC1. The molecule has 2 aromatic rings. The zero-order valence-corrected chi connectivity index (χ0v) is 13.1. The first-order valence-electron chi connectivity index (χ1n) is 7.73. The number of nitrogens with two attached hydrogens (primary N) is 2. The molecule has 126 valence electrons. The molecule has 0 aliphatic carbocycles. The summed E-state index contributed by atoms with van der Waals surface area (Å²) in [6, 6.07) is 4.85. The van der Waals surface area contributed by atoms with Crippen molar-refractivity contribution in [3.63, 3.8) is 0 Å². The van der Waals surface area contributed by atoms with Crippen LogP contribution in [0.4, 0.5) is 21.6 Å². The Kier molecular flexibility index (Phi) is 4.57. The predicted octanol–water partition coefficient (Wildman–Crippen LogP) is 1.38. The Bertz CT molecular complexity index is 745. The Morgan fingerprint density at radius 2 is 1.96 bits per heavy atom. The highest BCUT2D eigenvalue weighted by Gasteiger charge is 2.22. The van der Waals surface area contributed by atoms with E-state index in [1.165, 1.54) is 18.5 Å². The number of amides is 1. The van der Waals surface area contributed by atoms with Gasteiger partial charge in [-0.05, 0) is 25.0 Å². The van der Waals surface area contributed by atoms with E-state index in [4.69, 9.17) is 11.5 Å². The molecule has 0 bridgehead atoms. The van der Waals surface area contributed by atoms with Gasteiger partial charge in [0.15, 0.2) is 11.5 Å². The molecule has 5 N–H and O–H groups in total. The highest BCUT2D eigenvalue weighted by atomic mass is 19.1. The molecule has 2 heterocycles. The minimum absolute atomic E-state index is 0.00293. The van der Waals surface area contributed by atoms with E-state index in [1.807, 2.05) is 4.90 Å². The van der Waals surface area contributed by atoms with Gasteiger partial charge in [0.25, 0.3) is 5.91 Å². The number of benzene rings is 1. The Labute approximate surface area is 138 Å². The normalized spacial score (nSPS) is 15.3. The summed E-state index contributed by atoms with van der Waals surface area (Å²) in [5.41, 5.74) is 12.3. The first-order chi connectivity index (χ1) is 11.6. The van der Waals surface area contributed by atoms with Gasteiger partial charge in [0.05, 0.1) is 5.69 Å². The molecule has 3 rings (SSSR count). The quantitative estimate of drug-likeness (QED) is 0.784. The monoisotopic (exact) mass is 330 g/mol. The van der Waals surface area contributed by atoms with Crippen molar-refractivity contribution in [2.24, 2.45) is 5.73 Å². The molecule has 1 aromatic carbocycles. The van der Waals surface area contributed by atoms with Gasteiger partial charge in [-0.3, -0.25) is 4.79 Å². The summed E-state index contributed by atoms with van der Waals surface area (Å²) >= 11 is 0. The second-order valence-corrected chi connectivity index (χ2v) is 5.70. The Balaban J connectivity index is 1.88. The fraction of sp³-hybridized carbons (Fsp3) is 0.312. The maximum atomic E-state index is 14.3. The highest BCUT2D eigenvalue weighted by molar-refractivity contribution is 6.07. The van der Waals surface area contributed by atoms with Gasteiger partial charge in [-0.1, -0.05) is 6.07 Å². The average molecular weight is 330 g/mol. The van der Waals surface area contributed by atoms with Crippen LogP contribution in [0.5, 0.6) is 0 Å². The molecule has 8 heteroatoms. The summed E-state index contributed by atoms with van der Waals surface area (Å²) in [5, 5.41) is 2.58. The number of para-hydroxylation sites is 1. The third kappa shape index (κ3) is 3.28. The van der Waals surface area contributed by atoms with Crippen LogP contribution in [0.15, 0.2) is 30.6 Å². The van der Waals surface area contributed by atoms with Crippen molar-refractivity contribution >= 4 is 23.1 Å². The second-order valence-electron chi connectivity index (χ2n) is 5.70. The molecule has 1 saturated heterocycles. The number of hydrogen-bond donors (Lipinski definition) is 3. The minimum Gasteiger partial charge on any atom is -0.382 e. The zero-order valence-electron chi connectivity index (χ0n) is 13.1. The Hall–Kier alpha value is -2.74. The summed E-state index contributed by atoms with van der Waals surface area (Å²) in [4.78, 5) is 22.1. The molecular formula is C16H19FN6O. The maximum Gasteiger partial charge on any atom is 0.278 e. The summed E-state index contributed by atoms with van der Waals surface area (Å²) in [7, 11) is 0. The molecule has 0 radical (unpaired) electrons. The van der Waals surface area contributed by atoms with Gasteiger partial charge in [0.2, 0.25) is 0 Å². The number of piperidine rings is 1. The number of rotatable bonds is 3. The zero-order chi connectivity index (χ0) is 17.1. The van der Waals surface area contributed by atoms with Crippen LogP contribution >= 0.6 is 0 Å². The maximum absolute atomic E-state index is 14.3. The molecule has 1 aliphatic heterocycles. The number of anilines is 3. The van der Waals surface area contributed by atoms with E-state index in [1.54, 1.807) is 12.1 Å². The van der Waals surface area contributed by atoms with Crippen molar-refractivity contribution in [2.45, 2.75) is 18.9 Å². The first-order valence-corrected chi connectivity index (χ1v) is 7.73. The molecule has 1 aliphatic rings. The van der Waals surface area contributed by atoms with Crippen molar-refractivity contribution in [2.75, 3.05) is 29.0 Å². The summed E-state index contributed by atoms with van der Waals surface area (Å²) in [6.07, 6.45) is 4.39. The molecule has 1 fully saturated rings. The number of carbonyl (C=O) groups excluding carboxylic acids is 1. The van der Waals surface area contributed by atoms with Gasteiger partial charge in [-0.2, -0.15) is 0 Å². The number of nitrogens with one attached hydrogen (secondary N) is 1. The molecule has 0 atom stereocenters. The van der Waals surface area contributed by atoms with Crippen LogP contribution < -0.4 is 21.7 Å². The number of nitrogen functional groups attached to an aromatic ring is 1. The van der Waals surface area contributed by atoms with Crippen molar-refractivity contribution in [3.8, 4) is 0 Å². The molecule has 7 nitrogen and oxygen atoms in total. The minimum atomic E-state index is -0.597. The number of carbonyl (C=O) groups is 1. The fourth-order valence-corrected chi connectivity index (χ4v) is 2.74. The fourth-order valence-electron chi connectivity index (χ4n) is 2.74. The van der Waals surface area contributed by atoms with Gasteiger partial charge < -0.3 is 21.7 Å². The number of halogens is 1. The van der Waals surface area contributed by atoms with E-state index in [0.717, 1.165) is 12.8 Å². The number of hydrogen-bond acceptors (Lipinski definition) is 6. The van der Waals surface area contributed by atoms with E-state index in [-0.39, 0.29) is 23.2 Å². The summed E-state index contributed by atoms with van der Waals surface area (Å²) < 4.78 is 14.3. The van der Waals surface area contributed by atoms with Crippen LogP contribution in [-0.4, -0.2) is 35.0 Å². The van der Waals surface area contributed by atoms with Gasteiger partial charge in [-0.15, -0.1) is 0 Å². The topological polar surface area (TPSA) is 110 Å². The van der Waals surface area contributed by atoms with E-state index in [0.29, 0.717) is 18.8 Å². The summed E-state index contributed by atoms with van der Waals surface area (Å²) in [5.74, 6) is -1.12. The van der Waals surface area contributed by atoms with Crippen LogP contribution in [0.2, 0.25) is 0 Å². The second kappa shape index (κ2) is 6.79. The van der Waals surface area contributed by atoms with Crippen molar-refractivity contribution in [1.29, 1.82) is 0 Å². The Morgan fingerprint density at radius 3 is 2.67 bits per heavy atom. The molecule has 1 aromatic heterocycles. The predicted molar refractivity (Wildman–Crippen MR) is 90.2 cm³/mol. The average Bonchev–Trinajstić information content (AvgIpc) is 2.58. The Morgan fingerprint density at radius 1 is 1.25 bits per heavy atom. The highest BCUT2D eigenvalue weighted by Crippen LogP contribution is 2.31. The third-order valence-corrected chi connectivity index (χ3v) is 4.05. The van der Waals surface area contributed by atoms with Crippen LogP contribution in [0.1, 0.15) is 23.3 Å². The molecule has 0 unspecified atom stereocenters. The lowest BCUT2D eigenvalue weighted by atomic mass is 10.0. The molecular weight excluding hydrogens is 311 g/mol.